The first-order valence-electron chi connectivity index (χ1n) is 16.7. The highest BCUT2D eigenvalue weighted by molar-refractivity contribution is 5.94. The molecule has 4 aromatic rings. The van der Waals surface area contributed by atoms with Gasteiger partial charge >= 0.3 is 11.9 Å². The molecule has 3 heterocycles. The van der Waals surface area contributed by atoms with Crippen LogP contribution in [0, 0.1) is 18.2 Å². The molecule has 3 N–H and O–H groups in total. The van der Waals surface area contributed by atoms with E-state index in [4.69, 9.17) is 14.5 Å². The Labute approximate surface area is 292 Å². The summed E-state index contributed by atoms with van der Waals surface area (Å²) in [4.78, 5) is 35.8. The van der Waals surface area contributed by atoms with E-state index in [0.29, 0.717) is 65.9 Å². The molecule has 0 aliphatic carbocycles. The zero-order valence-electron chi connectivity index (χ0n) is 29.4. The number of anilines is 3. The summed E-state index contributed by atoms with van der Waals surface area (Å²) in [6.07, 6.45) is 2.48. The summed E-state index contributed by atoms with van der Waals surface area (Å²) in [5, 5.41) is 23.5. The topological polar surface area (TPSA) is 134 Å². The van der Waals surface area contributed by atoms with Crippen LogP contribution in [0.1, 0.15) is 80.9 Å². The van der Waals surface area contributed by atoms with Crippen LogP contribution in [0.15, 0.2) is 66.9 Å². The largest absolute Gasteiger partial charge is 0.493 e. The quantitative estimate of drug-likeness (QED) is 0.134. The highest BCUT2D eigenvalue weighted by Gasteiger charge is 2.37. The molecule has 1 atom stereocenters. The first kappa shape index (κ1) is 36.3. The summed E-state index contributed by atoms with van der Waals surface area (Å²) in [7, 11) is 0. The Kier molecular flexibility index (Phi) is 10.8. The maximum absolute atomic E-state index is 13.3. The zero-order valence-corrected chi connectivity index (χ0v) is 29.4. The molecule has 5 rings (SSSR count). The number of benzene rings is 2. The number of carboxylic acids is 2. The van der Waals surface area contributed by atoms with Crippen molar-refractivity contribution in [1.82, 2.24) is 9.97 Å². The van der Waals surface area contributed by atoms with Crippen molar-refractivity contribution in [2.24, 2.45) is 5.41 Å². The number of carboxylic acid groups (broad SMARTS) is 2. The second-order valence-electron chi connectivity index (χ2n) is 14.4. The summed E-state index contributed by atoms with van der Waals surface area (Å²) in [6, 6.07) is 16.9. The van der Waals surface area contributed by atoms with Crippen molar-refractivity contribution in [3.63, 3.8) is 0 Å². The molecule has 1 aliphatic heterocycles. The van der Waals surface area contributed by atoms with Gasteiger partial charge < -0.3 is 29.9 Å². The van der Waals surface area contributed by atoms with E-state index in [0.717, 1.165) is 24.0 Å². The molecular formula is C39H45FN4O6. The van der Waals surface area contributed by atoms with Gasteiger partial charge in [-0.1, -0.05) is 38.1 Å². The number of aromatic carboxylic acids is 1. The third-order valence-corrected chi connectivity index (χ3v) is 8.75. The van der Waals surface area contributed by atoms with Gasteiger partial charge in [0.25, 0.3) is 0 Å². The summed E-state index contributed by atoms with van der Waals surface area (Å²) < 4.78 is 25.6. The summed E-state index contributed by atoms with van der Waals surface area (Å²) in [5.74, 6) is -1.51. The number of halogens is 1. The van der Waals surface area contributed by atoms with Crippen molar-refractivity contribution in [1.29, 1.82) is 0 Å². The number of aromatic nitrogens is 2. The number of hydrogen-bond donors (Lipinski definition) is 3. The van der Waals surface area contributed by atoms with Gasteiger partial charge in [-0.25, -0.2) is 23.9 Å². The molecule has 1 fully saturated rings. The number of ether oxygens (including phenoxy) is 2. The fraction of sp³-hybridized carbons (Fsp3) is 0.385. The molecular weight excluding hydrogens is 639 g/mol. The Bertz CT molecular complexity index is 1830. The molecule has 0 bridgehead atoms. The van der Waals surface area contributed by atoms with Crippen molar-refractivity contribution in [3.8, 4) is 16.9 Å². The lowest BCUT2D eigenvalue weighted by Gasteiger charge is -2.41. The summed E-state index contributed by atoms with van der Waals surface area (Å²) in [5.41, 5.74) is 3.68. The molecule has 50 heavy (non-hydrogen) atoms. The van der Waals surface area contributed by atoms with Crippen molar-refractivity contribution in [2.75, 3.05) is 29.9 Å². The first-order chi connectivity index (χ1) is 23.6. The SMILES string of the molecule is Cc1nc(Nc2ccnc(C(=O)O)c2)c(-c2ccc(OCCc3ccc(F)cc3)cc2)c(N2CCC(C)(C)CC2)c1C(OC(C)(C)C)C(=O)O. The number of nitrogens with one attached hydrogen (secondary N) is 1. The van der Waals surface area contributed by atoms with Crippen molar-refractivity contribution >= 4 is 29.1 Å². The van der Waals surface area contributed by atoms with Crippen LogP contribution in [-0.4, -0.2) is 57.4 Å². The van der Waals surface area contributed by atoms with Gasteiger partial charge in [0.2, 0.25) is 0 Å². The van der Waals surface area contributed by atoms with Crippen LogP contribution in [0.5, 0.6) is 5.75 Å². The van der Waals surface area contributed by atoms with E-state index in [1.54, 1.807) is 25.1 Å². The van der Waals surface area contributed by atoms with Gasteiger partial charge in [-0.2, -0.15) is 0 Å². The van der Waals surface area contributed by atoms with Crippen LogP contribution < -0.4 is 15.0 Å². The third kappa shape index (κ3) is 8.95. The standard InChI is InChI=1S/C39H45FN4O6/c1-24-31(34(37(47)48)50-38(2,3)4)33(44-20-17-39(5,6)18-21-44)32(35(42-24)43-28-15-19-41-30(23-28)36(45)46)26-9-13-29(14-10-26)49-22-16-25-7-11-27(40)12-8-25/h7-15,19,23,34H,16-18,20-22H2,1-6H3,(H,45,46)(H,47,48)(H,41,42,43). The van der Waals surface area contributed by atoms with Crippen LogP contribution >= 0.6 is 0 Å². The molecule has 264 valence electrons. The number of aryl methyl sites for hydroxylation is 1. The van der Waals surface area contributed by atoms with Crippen LogP contribution in [0.4, 0.5) is 21.6 Å². The fourth-order valence-corrected chi connectivity index (χ4v) is 6.05. The molecule has 10 nitrogen and oxygen atoms in total. The Morgan fingerprint density at radius 3 is 2.28 bits per heavy atom. The normalized spacial score (nSPS) is 15.0. The number of carbonyl (C=O) groups is 2. The number of piperidine rings is 1. The van der Waals surface area contributed by atoms with E-state index in [1.807, 2.05) is 45.0 Å². The Hall–Kier alpha value is -5.03. The van der Waals surface area contributed by atoms with E-state index < -0.39 is 23.6 Å². The van der Waals surface area contributed by atoms with Crippen molar-refractivity contribution < 1.29 is 33.7 Å². The van der Waals surface area contributed by atoms with Gasteiger partial charge in [0.05, 0.1) is 17.9 Å². The monoisotopic (exact) mass is 684 g/mol. The average Bonchev–Trinajstić information content (AvgIpc) is 3.05. The van der Waals surface area contributed by atoms with Gasteiger partial charge in [0.1, 0.15) is 23.1 Å². The molecule has 0 amide bonds. The molecule has 0 saturated carbocycles. The van der Waals surface area contributed by atoms with E-state index in [9.17, 15) is 24.2 Å². The minimum absolute atomic E-state index is 0.116. The van der Waals surface area contributed by atoms with E-state index in [2.05, 4.69) is 29.0 Å². The predicted octanol–water partition coefficient (Wildman–Crippen LogP) is 8.22. The minimum atomic E-state index is -1.31. The van der Waals surface area contributed by atoms with Crippen molar-refractivity contribution in [3.05, 3.63) is 95.2 Å². The Morgan fingerprint density at radius 2 is 1.68 bits per heavy atom. The van der Waals surface area contributed by atoms with Gasteiger partial charge in [-0.05, 0) is 93.5 Å². The lowest BCUT2D eigenvalue weighted by molar-refractivity contribution is -0.160. The molecule has 2 aromatic heterocycles. The van der Waals surface area contributed by atoms with Crippen LogP contribution in [0.25, 0.3) is 11.1 Å². The fourth-order valence-electron chi connectivity index (χ4n) is 6.05. The Balaban J connectivity index is 1.64. The first-order valence-corrected chi connectivity index (χ1v) is 16.7. The molecule has 1 saturated heterocycles. The highest BCUT2D eigenvalue weighted by atomic mass is 19.1. The third-order valence-electron chi connectivity index (χ3n) is 8.75. The minimum Gasteiger partial charge on any atom is -0.493 e. The lowest BCUT2D eigenvalue weighted by atomic mass is 9.82. The Morgan fingerprint density at radius 1 is 1.02 bits per heavy atom. The predicted molar refractivity (Wildman–Crippen MR) is 191 cm³/mol. The van der Waals surface area contributed by atoms with E-state index in [-0.39, 0.29) is 16.9 Å². The van der Waals surface area contributed by atoms with Crippen LogP contribution in [0.3, 0.4) is 0 Å². The summed E-state index contributed by atoms with van der Waals surface area (Å²) >= 11 is 0. The molecule has 0 spiro atoms. The number of pyridine rings is 2. The number of nitrogens with zero attached hydrogens (tertiary/aromatic N) is 3. The van der Waals surface area contributed by atoms with Crippen LogP contribution in [-0.2, 0) is 16.0 Å². The molecule has 2 aromatic carbocycles. The molecule has 0 radical (unpaired) electrons. The lowest BCUT2D eigenvalue weighted by Crippen LogP contribution is -2.39. The summed E-state index contributed by atoms with van der Waals surface area (Å²) in [6.45, 7) is 13.5. The second-order valence-corrected chi connectivity index (χ2v) is 14.4. The molecule has 11 heteroatoms. The van der Waals surface area contributed by atoms with Gasteiger partial charge in [0, 0.05) is 48.2 Å². The number of hydrogen-bond acceptors (Lipinski definition) is 8. The number of rotatable bonds is 12. The van der Waals surface area contributed by atoms with Gasteiger partial charge in [-0.3, -0.25) is 0 Å². The highest BCUT2D eigenvalue weighted by Crippen LogP contribution is 2.47. The van der Waals surface area contributed by atoms with Gasteiger partial charge in [-0.15, -0.1) is 0 Å². The van der Waals surface area contributed by atoms with Crippen molar-refractivity contribution in [2.45, 2.75) is 72.5 Å². The smallest absolute Gasteiger partial charge is 0.354 e. The molecule has 1 aliphatic rings. The van der Waals surface area contributed by atoms with E-state index in [1.165, 1.54) is 24.4 Å². The number of aliphatic carboxylic acids is 1. The second kappa shape index (κ2) is 14.8. The van der Waals surface area contributed by atoms with E-state index >= 15 is 0 Å². The average molecular weight is 685 g/mol. The maximum Gasteiger partial charge on any atom is 0.354 e. The molecule has 1 unspecified atom stereocenters. The van der Waals surface area contributed by atoms with Crippen LogP contribution in [0.2, 0.25) is 0 Å². The zero-order chi connectivity index (χ0) is 36.2. The maximum atomic E-state index is 13.3. The van der Waals surface area contributed by atoms with Gasteiger partial charge in [0.15, 0.2) is 6.10 Å².